The molecule has 1 heterocycles. The molecule has 86 valence electrons. The van der Waals surface area contributed by atoms with Crippen LogP contribution in [-0.4, -0.2) is 28.4 Å². The maximum atomic E-state index is 11.0. The average molecular weight is 265 g/mol. The Kier molecular flexibility index (Phi) is 4.96. The number of amides is 1. The number of carbonyl (C=O) groups is 1. The summed E-state index contributed by atoms with van der Waals surface area (Å²) in [5.41, 5.74) is 0.405. The van der Waals surface area contributed by atoms with E-state index in [1.165, 1.54) is 19.2 Å². The van der Waals surface area contributed by atoms with E-state index in [-0.39, 0.29) is 52.7 Å². The van der Waals surface area contributed by atoms with E-state index < -0.39 is 11.1 Å². The third kappa shape index (κ3) is 2.99. The number of hydrogen-bond acceptors (Lipinski definition) is 5. The predicted molar refractivity (Wildman–Crippen MR) is 54.3 cm³/mol. The van der Waals surface area contributed by atoms with Crippen LogP contribution in [0.15, 0.2) is 17.0 Å². The minimum absolute atomic E-state index is 0. The molecule has 1 atom stereocenters. The monoisotopic (exact) mass is 265 g/mol. The molecule has 0 radical (unpaired) electrons. The van der Waals surface area contributed by atoms with E-state index in [0.29, 0.717) is 11.4 Å². The van der Waals surface area contributed by atoms with Crippen LogP contribution in [0.25, 0.3) is 0 Å². The van der Waals surface area contributed by atoms with E-state index in [2.05, 4.69) is 5.32 Å². The Hall–Kier alpha value is -0.600. The molecule has 0 spiro atoms. The molecule has 6 nitrogen and oxygen atoms in total. The van der Waals surface area contributed by atoms with Crippen molar-refractivity contribution in [2.75, 3.05) is 19.0 Å². The van der Waals surface area contributed by atoms with Crippen LogP contribution in [0.4, 0.5) is 5.69 Å². The van der Waals surface area contributed by atoms with E-state index in [1.807, 2.05) is 0 Å². The first-order valence-corrected chi connectivity index (χ1v) is 5.43. The van der Waals surface area contributed by atoms with Crippen LogP contribution in [0.3, 0.4) is 0 Å². The van der Waals surface area contributed by atoms with Crippen molar-refractivity contribution in [1.29, 1.82) is 0 Å². The molecular formula is C9H8NNaO5S. The molecule has 0 saturated heterocycles. The van der Waals surface area contributed by atoms with Gasteiger partial charge in [-0.05, 0) is 11.1 Å². The van der Waals surface area contributed by atoms with E-state index >= 15 is 0 Å². The fraction of sp³-hybridized carbons (Fsp3) is 0.222. The van der Waals surface area contributed by atoms with E-state index in [4.69, 9.17) is 9.47 Å². The third-order valence-electron chi connectivity index (χ3n) is 2.08. The largest absolute Gasteiger partial charge is 1.00 e. The Morgan fingerprint density at radius 3 is 2.82 bits per heavy atom. The molecule has 1 amide bonds. The van der Waals surface area contributed by atoms with Gasteiger partial charge in [0.05, 0.1) is 17.7 Å². The van der Waals surface area contributed by atoms with Crippen molar-refractivity contribution in [2.24, 2.45) is 0 Å². The SMILES string of the molecule is COc1cc2c(cc1S(=O)[O-])OCC(=O)N2.[Na+]. The van der Waals surface area contributed by atoms with Gasteiger partial charge in [-0.2, -0.15) is 0 Å². The van der Waals surface area contributed by atoms with Crippen molar-refractivity contribution in [2.45, 2.75) is 4.90 Å². The zero-order valence-electron chi connectivity index (χ0n) is 9.31. The van der Waals surface area contributed by atoms with Crippen molar-refractivity contribution in [3.63, 3.8) is 0 Å². The van der Waals surface area contributed by atoms with Crippen molar-refractivity contribution < 1.29 is 52.6 Å². The number of anilines is 1. The Morgan fingerprint density at radius 2 is 2.24 bits per heavy atom. The van der Waals surface area contributed by atoms with Crippen LogP contribution >= 0.6 is 0 Å². The number of benzene rings is 1. The quantitative estimate of drug-likeness (QED) is 0.463. The first-order valence-electron chi connectivity index (χ1n) is 4.36. The van der Waals surface area contributed by atoms with Crippen LogP contribution in [0.2, 0.25) is 0 Å². The number of fused-ring (bicyclic) bond motifs is 1. The van der Waals surface area contributed by atoms with Gasteiger partial charge in [-0.25, -0.2) is 0 Å². The minimum Gasteiger partial charge on any atom is -0.768 e. The van der Waals surface area contributed by atoms with Gasteiger partial charge in [-0.1, -0.05) is 0 Å². The normalized spacial score (nSPS) is 14.8. The Morgan fingerprint density at radius 1 is 1.53 bits per heavy atom. The minimum atomic E-state index is -2.41. The average Bonchev–Trinajstić information content (AvgIpc) is 2.26. The van der Waals surface area contributed by atoms with Gasteiger partial charge in [0.15, 0.2) is 6.61 Å². The van der Waals surface area contributed by atoms with Crippen LogP contribution in [0.1, 0.15) is 0 Å². The molecule has 0 bridgehead atoms. The first-order chi connectivity index (χ1) is 7.61. The molecule has 1 aliphatic rings. The van der Waals surface area contributed by atoms with Gasteiger partial charge in [0.25, 0.3) is 5.91 Å². The number of carbonyl (C=O) groups excluding carboxylic acids is 1. The van der Waals surface area contributed by atoms with Gasteiger partial charge in [0.1, 0.15) is 11.5 Å². The number of methoxy groups -OCH3 is 1. The molecular weight excluding hydrogens is 257 g/mol. The van der Waals surface area contributed by atoms with Gasteiger partial charge in [-0.15, -0.1) is 0 Å². The van der Waals surface area contributed by atoms with E-state index in [0.717, 1.165) is 0 Å². The summed E-state index contributed by atoms with van der Waals surface area (Å²) in [6.45, 7) is -0.121. The van der Waals surface area contributed by atoms with Gasteiger partial charge in [-0.3, -0.25) is 9.00 Å². The standard InChI is InChI=1S/C9H9NO5S.Na/c1-14-7-2-5-6(3-8(7)16(12)13)15-4-9(11)10-5;/h2-3H,4H2,1H3,(H,10,11)(H,12,13);/q;+1/p-1. The second-order valence-corrected chi connectivity index (χ2v) is 3.98. The van der Waals surface area contributed by atoms with Crippen molar-refractivity contribution in [3.05, 3.63) is 12.1 Å². The van der Waals surface area contributed by atoms with Crippen LogP contribution in [0.5, 0.6) is 11.5 Å². The third-order valence-corrected chi connectivity index (χ3v) is 2.76. The summed E-state index contributed by atoms with van der Waals surface area (Å²) in [4.78, 5) is 11.0. The number of nitrogens with one attached hydrogen (secondary N) is 1. The maximum absolute atomic E-state index is 11.0. The fourth-order valence-electron chi connectivity index (χ4n) is 1.38. The van der Waals surface area contributed by atoms with Crippen LogP contribution in [0, 0.1) is 0 Å². The number of ether oxygens (including phenoxy) is 2. The first kappa shape index (κ1) is 14.5. The summed E-state index contributed by atoms with van der Waals surface area (Å²) in [6, 6.07) is 2.73. The molecule has 17 heavy (non-hydrogen) atoms. The molecule has 0 fully saturated rings. The van der Waals surface area contributed by atoms with E-state index in [1.54, 1.807) is 0 Å². The van der Waals surface area contributed by atoms with Crippen LogP contribution < -0.4 is 44.3 Å². The second-order valence-electron chi connectivity index (χ2n) is 3.07. The van der Waals surface area contributed by atoms with E-state index in [9.17, 15) is 13.6 Å². The van der Waals surface area contributed by atoms with Crippen LogP contribution in [-0.2, 0) is 15.9 Å². The molecule has 1 aliphatic heterocycles. The molecule has 8 heteroatoms. The van der Waals surface area contributed by atoms with Crippen molar-refractivity contribution in [1.82, 2.24) is 0 Å². The molecule has 1 unspecified atom stereocenters. The Labute approximate surface area is 122 Å². The zero-order valence-corrected chi connectivity index (χ0v) is 12.1. The summed E-state index contributed by atoms with van der Waals surface area (Å²) < 4.78 is 31.8. The Balaban J connectivity index is 0.00000144. The van der Waals surface area contributed by atoms with Gasteiger partial charge < -0.3 is 19.3 Å². The molecule has 0 saturated carbocycles. The van der Waals surface area contributed by atoms with Gasteiger partial charge in [0, 0.05) is 12.1 Å². The van der Waals surface area contributed by atoms with Gasteiger partial charge in [0.2, 0.25) is 0 Å². The smallest absolute Gasteiger partial charge is 0.768 e. The number of rotatable bonds is 2. The molecule has 2 rings (SSSR count). The number of hydrogen-bond donors (Lipinski definition) is 1. The molecule has 0 aliphatic carbocycles. The summed E-state index contributed by atoms with van der Waals surface area (Å²) in [7, 11) is 1.35. The summed E-state index contributed by atoms with van der Waals surface area (Å²) in [5.74, 6) is 0.197. The molecule has 1 aromatic rings. The fourth-order valence-corrected chi connectivity index (χ4v) is 1.89. The summed E-state index contributed by atoms with van der Waals surface area (Å²) in [5, 5.41) is 2.56. The van der Waals surface area contributed by atoms with Crippen molar-refractivity contribution >= 4 is 22.7 Å². The maximum Gasteiger partial charge on any atom is 1.00 e. The second kappa shape index (κ2) is 5.83. The van der Waals surface area contributed by atoms with Crippen molar-refractivity contribution in [3.8, 4) is 11.5 Å². The predicted octanol–water partition coefficient (Wildman–Crippen LogP) is -2.73. The summed E-state index contributed by atoms with van der Waals surface area (Å²) in [6.07, 6.45) is 0. The topological polar surface area (TPSA) is 87.7 Å². The molecule has 1 N–H and O–H groups in total. The zero-order chi connectivity index (χ0) is 11.7. The molecule has 1 aromatic carbocycles. The summed E-state index contributed by atoms with van der Waals surface area (Å²) >= 11 is -2.41. The van der Waals surface area contributed by atoms with Gasteiger partial charge >= 0.3 is 29.6 Å². The molecule has 0 aromatic heterocycles. The Bertz CT molecular complexity index is 479.